The minimum Gasteiger partial charge on any atom is -0.376 e. The number of rotatable bonds is 5. The maximum atomic E-state index is 5.85. The molecule has 0 saturated carbocycles. The molecule has 5 heteroatoms. The molecule has 3 nitrogen and oxygen atoms in total. The summed E-state index contributed by atoms with van der Waals surface area (Å²) in [5.41, 5.74) is 0. The first-order valence-electron chi connectivity index (χ1n) is 6.41. The van der Waals surface area contributed by atoms with Gasteiger partial charge >= 0.3 is 0 Å². The van der Waals surface area contributed by atoms with Crippen molar-refractivity contribution in [3.05, 3.63) is 20.3 Å². The fourth-order valence-electron chi connectivity index (χ4n) is 2.10. The maximum Gasteiger partial charge on any atom is 0.101 e. The zero-order chi connectivity index (χ0) is 13.0. The van der Waals surface area contributed by atoms with Crippen molar-refractivity contribution in [3.8, 4) is 0 Å². The first kappa shape index (κ1) is 14.5. The number of nitrogens with one attached hydrogen (secondary N) is 1. The third-order valence-electron chi connectivity index (χ3n) is 2.95. The molecule has 0 aliphatic carbocycles. The van der Waals surface area contributed by atoms with Crippen LogP contribution in [0.5, 0.6) is 0 Å². The van der Waals surface area contributed by atoms with E-state index in [4.69, 9.17) is 9.47 Å². The van der Waals surface area contributed by atoms with E-state index in [2.05, 4.69) is 41.2 Å². The Bertz CT molecular complexity index is 377. The Morgan fingerprint density at radius 3 is 2.94 bits per heavy atom. The molecule has 18 heavy (non-hydrogen) atoms. The first-order valence-corrected chi connectivity index (χ1v) is 8.02. The smallest absolute Gasteiger partial charge is 0.101 e. The Labute approximate surface area is 121 Å². The Kier molecular flexibility index (Phi) is 5.63. The van der Waals surface area contributed by atoms with Crippen molar-refractivity contribution in [2.75, 3.05) is 26.4 Å². The highest BCUT2D eigenvalue weighted by Crippen LogP contribution is 2.35. The van der Waals surface area contributed by atoms with Gasteiger partial charge in [0.2, 0.25) is 0 Å². The van der Waals surface area contributed by atoms with Crippen LogP contribution >= 0.6 is 27.3 Å². The van der Waals surface area contributed by atoms with Crippen molar-refractivity contribution >= 4 is 27.3 Å². The van der Waals surface area contributed by atoms with E-state index in [1.54, 1.807) is 0 Å². The van der Waals surface area contributed by atoms with Crippen LogP contribution in [-0.4, -0.2) is 32.5 Å². The lowest BCUT2D eigenvalue weighted by atomic mass is 10.1. The summed E-state index contributed by atoms with van der Waals surface area (Å²) in [6.07, 6.45) is 1.23. The Morgan fingerprint density at radius 1 is 1.56 bits per heavy atom. The quantitative estimate of drug-likeness (QED) is 0.896. The van der Waals surface area contributed by atoms with Gasteiger partial charge in [-0.1, -0.05) is 6.92 Å². The number of ether oxygens (including phenoxy) is 2. The molecule has 2 atom stereocenters. The van der Waals surface area contributed by atoms with Crippen LogP contribution < -0.4 is 5.32 Å². The normalized spacial score (nSPS) is 22.1. The first-order chi connectivity index (χ1) is 8.72. The van der Waals surface area contributed by atoms with Crippen LogP contribution in [0.1, 0.15) is 29.1 Å². The minimum atomic E-state index is 0.111. The third-order valence-corrected chi connectivity index (χ3v) is 5.00. The number of hydrogen-bond donors (Lipinski definition) is 1. The Balaban J connectivity index is 2.15. The number of aryl methyl sites for hydroxylation is 1. The van der Waals surface area contributed by atoms with Gasteiger partial charge in [-0.15, -0.1) is 11.3 Å². The molecule has 2 heterocycles. The molecule has 1 fully saturated rings. The summed E-state index contributed by atoms with van der Waals surface area (Å²) < 4.78 is 12.6. The van der Waals surface area contributed by atoms with Crippen LogP contribution in [0.15, 0.2) is 10.5 Å². The summed E-state index contributed by atoms with van der Waals surface area (Å²) in [6, 6.07) is 2.39. The molecule has 1 aliphatic heterocycles. The predicted octanol–water partition coefficient (Wildman–Crippen LogP) is 3.28. The SMILES string of the molecule is CCCNC(c1sc(C)cc1Br)C1COCCO1. The molecule has 0 radical (unpaired) electrons. The minimum absolute atomic E-state index is 0.111. The van der Waals surface area contributed by atoms with Gasteiger partial charge in [0.1, 0.15) is 6.10 Å². The van der Waals surface area contributed by atoms with Gasteiger partial charge < -0.3 is 14.8 Å². The van der Waals surface area contributed by atoms with Crippen molar-refractivity contribution in [1.29, 1.82) is 0 Å². The Hall–Kier alpha value is 0.0600. The third kappa shape index (κ3) is 3.54. The second-order valence-corrected chi connectivity index (χ2v) is 6.63. The molecule has 0 aromatic carbocycles. The van der Waals surface area contributed by atoms with Crippen LogP contribution in [0, 0.1) is 6.92 Å². The van der Waals surface area contributed by atoms with E-state index < -0.39 is 0 Å². The van der Waals surface area contributed by atoms with Crippen LogP contribution in [0.3, 0.4) is 0 Å². The molecular weight excluding hydrogens is 314 g/mol. The summed E-state index contributed by atoms with van der Waals surface area (Å²) in [6.45, 7) is 7.38. The molecule has 102 valence electrons. The molecule has 1 aromatic rings. The van der Waals surface area contributed by atoms with E-state index in [9.17, 15) is 0 Å². The lowest BCUT2D eigenvalue weighted by molar-refractivity contribution is -0.102. The van der Waals surface area contributed by atoms with Gasteiger partial charge in [-0.25, -0.2) is 0 Å². The summed E-state index contributed by atoms with van der Waals surface area (Å²) in [7, 11) is 0. The maximum absolute atomic E-state index is 5.85. The zero-order valence-corrected chi connectivity index (χ0v) is 13.3. The summed E-state index contributed by atoms with van der Waals surface area (Å²) in [5, 5.41) is 3.58. The summed E-state index contributed by atoms with van der Waals surface area (Å²) >= 11 is 5.47. The number of halogens is 1. The average Bonchev–Trinajstić information content (AvgIpc) is 2.70. The fraction of sp³-hybridized carbons (Fsp3) is 0.692. The number of hydrogen-bond acceptors (Lipinski definition) is 4. The van der Waals surface area contributed by atoms with Crippen LogP contribution in [-0.2, 0) is 9.47 Å². The van der Waals surface area contributed by atoms with Gasteiger partial charge in [0.25, 0.3) is 0 Å². The van der Waals surface area contributed by atoms with Crippen LogP contribution in [0.4, 0.5) is 0 Å². The summed E-state index contributed by atoms with van der Waals surface area (Å²) in [4.78, 5) is 2.63. The van der Waals surface area contributed by atoms with Crippen molar-refractivity contribution in [2.45, 2.75) is 32.4 Å². The second kappa shape index (κ2) is 7.01. The lowest BCUT2D eigenvalue weighted by Gasteiger charge is -2.31. The van der Waals surface area contributed by atoms with Gasteiger partial charge in [-0.2, -0.15) is 0 Å². The van der Waals surface area contributed by atoms with Crippen molar-refractivity contribution in [3.63, 3.8) is 0 Å². The molecule has 1 N–H and O–H groups in total. The van der Waals surface area contributed by atoms with Crippen LogP contribution in [0.2, 0.25) is 0 Å². The second-order valence-electron chi connectivity index (χ2n) is 4.49. The van der Waals surface area contributed by atoms with Gasteiger partial charge in [0.15, 0.2) is 0 Å². The monoisotopic (exact) mass is 333 g/mol. The van der Waals surface area contributed by atoms with E-state index in [0.717, 1.165) is 13.0 Å². The standard InChI is InChI=1S/C13H20BrNO2S/c1-3-4-15-12(11-8-16-5-6-17-11)13-10(14)7-9(2)18-13/h7,11-12,15H,3-6,8H2,1-2H3. The average molecular weight is 334 g/mol. The fourth-order valence-corrected chi connectivity index (χ4v) is 4.13. The summed E-state index contributed by atoms with van der Waals surface area (Å²) in [5.74, 6) is 0. The molecule has 0 amide bonds. The lowest BCUT2D eigenvalue weighted by Crippen LogP contribution is -2.40. The van der Waals surface area contributed by atoms with E-state index in [0.29, 0.717) is 19.8 Å². The highest BCUT2D eigenvalue weighted by Gasteiger charge is 2.28. The molecule has 1 saturated heterocycles. The van der Waals surface area contributed by atoms with Crippen LogP contribution in [0.25, 0.3) is 0 Å². The van der Waals surface area contributed by atoms with Crippen molar-refractivity contribution < 1.29 is 9.47 Å². The van der Waals surface area contributed by atoms with E-state index in [1.165, 1.54) is 14.2 Å². The Morgan fingerprint density at radius 2 is 2.39 bits per heavy atom. The van der Waals surface area contributed by atoms with Gasteiger partial charge in [0, 0.05) is 14.2 Å². The van der Waals surface area contributed by atoms with E-state index in [1.807, 2.05) is 11.3 Å². The van der Waals surface area contributed by atoms with Crippen molar-refractivity contribution in [1.82, 2.24) is 5.32 Å². The predicted molar refractivity (Wildman–Crippen MR) is 78.3 cm³/mol. The molecule has 1 aromatic heterocycles. The zero-order valence-electron chi connectivity index (χ0n) is 10.9. The topological polar surface area (TPSA) is 30.5 Å². The molecular formula is C13H20BrNO2S. The molecule has 0 bridgehead atoms. The van der Waals surface area contributed by atoms with Crippen molar-refractivity contribution in [2.24, 2.45) is 0 Å². The highest BCUT2D eigenvalue weighted by molar-refractivity contribution is 9.10. The van der Waals surface area contributed by atoms with Gasteiger partial charge in [-0.05, 0) is 41.9 Å². The molecule has 2 unspecified atom stereocenters. The van der Waals surface area contributed by atoms with E-state index >= 15 is 0 Å². The van der Waals surface area contributed by atoms with Gasteiger partial charge in [-0.3, -0.25) is 0 Å². The highest BCUT2D eigenvalue weighted by atomic mass is 79.9. The largest absolute Gasteiger partial charge is 0.376 e. The van der Waals surface area contributed by atoms with E-state index in [-0.39, 0.29) is 12.1 Å². The molecule has 0 spiro atoms. The van der Waals surface area contributed by atoms with Gasteiger partial charge in [0.05, 0.1) is 25.9 Å². The number of thiophene rings is 1. The molecule has 2 rings (SSSR count). The molecule has 1 aliphatic rings.